The zero-order valence-electron chi connectivity index (χ0n) is 10.6. The fraction of sp³-hybridized carbons (Fsp3) is 0.692. The molecule has 0 aliphatic carbocycles. The van der Waals surface area contributed by atoms with Crippen LogP contribution in [0.2, 0.25) is 0 Å². The van der Waals surface area contributed by atoms with Gasteiger partial charge in [-0.15, -0.1) is 11.3 Å². The molecule has 0 radical (unpaired) electrons. The van der Waals surface area contributed by atoms with Crippen LogP contribution in [0.25, 0.3) is 0 Å². The third-order valence-electron chi connectivity index (χ3n) is 3.58. The third-order valence-corrected chi connectivity index (χ3v) is 5.80. The Morgan fingerprint density at radius 3 is 2.94 bits per heavy atom. The Morgan fingerprint density at radius 2 is 2.41 bits per heavy atom. The molecule has 2 rings (SSSR count). The molecule has 3 atom stereocenters. The predicted octanol–water partition coefficient (Wildman–Crippen LogP) is 3.89. The Kier molecular flexibility index (Phi) is 4.64. The summed E-state index contributed by atoms with van der Waals surface area (Å²) in [6, 6.07) is 2.72. The second-order valence-corrected chi connectivity index (χ2v) is 7.04. The first-order valence-electron chi connectivity index (χ1n) is 6.22. The number of thiophene rings is 1. The molecule has 0 bridgehead atoms. The van der Waals surface area contributed by atoms with Gasteiger partial charge < -0.3 is 10.1 Å². The van der Waals surface area contributed by atoms with Crippen molar-refractivity contribution in [3.05, 3.63) is 20.3 Å². The number of nitrogens with one attached hydrogen (secondary N) is 1. The standard InChI is InChI=1S/C13H20BrNOS/c1-4-10-9(5-6-16-10)12(15-3)11-7-8(2)13(14)17-11/h7,9-10,12,15H,4-6H2,1-3H3. The van der Waals surface area contributed by atoms with Crippen LogP contribution in [0.3, 0.4) is 0 Å². The molecule has 1 fully saturated rings. The lowest BCUT2D eigenvalue weighted by Gasteiger charge is -2.25. The van der Waals surface area contributed by atoms with E-state index in [-0.39, 0.29) is 0 Å². The van der Waals surface area contributed by atoms with Gasteiger partial charge in [0.25, 0.3) is 0 Å². The topological polar surface area (TPSA) is 21.3 Å². The monoisotopic (exact) mass is 317 g/mol. The van der Waals surface area contributed by atoms with Crippen molar-refractivity contribution < 1.29 is 4.74 Å². The molecule has 0 spiro atoms. The second-order valence-electron chi connectivity index (χ2n) is 4.64. The minimum atomic E-state index is 0.411. The smallest absolute Gasteiger partial charge is 0.0731 e. The quantitative estimate of drug-likeness (QED) is 0.909. The molecule has 3 unspecified atom stereocenters. The summed E-state index contributed by atoms with van der Waals surface area (Å²) in [5.74, 6) is 0.606. The van der Waals surface area contributed by atoms with E-state index in [0.717, 1.165) is 13.0 Å². The molecule has 1 aliphatic rings. The molecule has 1 aromatic heterocycles. The van der Waals surface area contributed by atoms with E-state index in [1.165, 1.54) is 20.6 Å². The van der Waals surface area contributed by atoms with E-state index < -0.39 is 0 Å². The SMILES string of the molecule is CCC1OCCC1C(NC)c1cc(C)c(Br)s1. The summed E-state index contributed by atoms with van der Waals surface area (Å²) < 4.78 is 7.06. The zero-order valence-corrected chi connectivity index (χ0v) is 13.0. The molecular weight excluding hydrogens is 298 g/mol. The average Bonchev–Trinajstić information content (AvgIpc) is 2.89. The summed E-state index contributed by atoms with van der Waals surface area (Å²) in [5.41, 5.74) is 1.33. The molecule has 1 saturated heterocycles. The Balaban J connectivity index is 2.20. The maximum Gasteiger partial charge on any atom is 0.0731 e. The van der Waals surface area contributed by atoms with Crippen LogP contribution in [0.15, 0.2) is 9.85 Å². The van der Waals surface area contributed by atoms with Crippen molar-refractivity contribution in [1.29, 1.82) is 0 Å². The van der Waals surface area contributed by atoms with Gasteiger partial charge in [-0.3, -0.25) is 0 Å². The highest BCUT2D eigenvalue weighted by molar-refractivity contribution is 9.11. The summed E-state index contributed by atoms with van der Waals surface area (Å²) in [4.78, 5) is 1.42. The molecular formula is C13H20BrNOS. The van der Waals surface area contributed by atoms with Crippen molar-refractivity contribution in [3.8, 4) is 0 Å². The molecule has 0 amide bonds. The van der Waals surface area contributed by atoms with E-state index in [4.69, 9.17) is 4.74 Å². The Morgan fingerprint density at radius 1 is 1.65 bits per heavy atom. The maximum absolute atomic E-state index is 5.81. The molecule has 1 N–H and O–H groups in total. The van der Waals surface area contributed by atoms with Gasteiger partial charge in [-0.2, -0.15) is 0 Å². The highest BCUT2D eigenvalue weighted by atomic mass is 79.9. The first-order valence-corrected chi connectivity index (χ1v) is 7.83. The van der Waals surface area contributed by atoms with Crippen LogP contribution < -0.4 is 5.32 Å². The highest BCUT2D eigenvalue weighted by Gasteiger charge is 2.34. The van der Waals surface area contributed by atoms with E-state index in [0.29, 0.717) is 18.1 Å². The van der Waals surface area contributed by atoms with E-state index in [2.05, 4.69) is 48.2 Å². The number of aryl methyl sites for hydroxylation is 1. The van der Waals surface area contributed by atoms with Crippen LogP contribution in [0.5, 0.6) is 0 Å². The number of hydrogen-bond acceptors (Lipinski definition) is 3. The van der Waals surface area contributed by atoms with Gasteiger partial charge in [0.2, 0.25) is 0 Å². The second kappa shape index (κ2) is 5.83. The molecule has 0 saturated carbocycles. The normalized spacial score (nSPS) is 26.4. The van der Waals surface area contributed by atoms with E-state index in [1.807, 2.05) is 11.3 Å². The van der Waals surface area contributed by atoms with E-state index in [9.17, 15) is 0 Å². The fourth-order valence-corrected chi connectivity index (χ4v) is 4.43. The van der Waals surface area contributed by atoms with Gasteiger partial charge >= 0.3 is 0 Å². The Hall–Kier alpha value is 0.1000. The van der Waals surface area contributed by atoms with Crippen molar-refractivity contribution >= 4 is 27.3 Å². The predicted molar refractivity (Wildman–Crippen MR) is 76.7 cm³/mol. The minimum Gasteiger partial charge on any atom is -0.378 e. The zero-order chi connectivity index (χ0) is 12.4. The van der Waals surface area contributed by atoms with Crippen LogP contribution in [0.4, 0.5) is 0 Å². The molecule has 1 aromatic rings. The van der Waals surface area contributed by atoms with Gasteiger partial charge in [0.15, 0.2) is 0 Å². The van der Waals surface area contributed by atoms with Crippen molar-refractivity contribution in [2.75, 3.05) is 13.7 Å². The van der Waals surface area contributed by atoms with Gasteiger partial charge in [0, 0.05) is 23.4 Å². The van der Waals surface area contributed by atoms with Gasteiger partial charge in [0.05, 0.1) is 9.89 Å². The van der Waals surface area contributed by atoms with Crippen LogP contribution in [-0.4, -0.2) is 19.8 Å². The molecule has 96 valence electrons. The molecule has 2 heterocycles. The van der Waals surface area contributed by atoms with Crippen molar-refractivity contribution in [1.82, 2.24) is 5.32 Å². The van der Waals surface area contributed by atoms with E-state index >= 15 is 0 Å². The Bertz CT molecular complexity index is 360. The first kappa shape index (κ1) is 13.5. The minimum absolute atomic E-state index is 0.411. The molecule has 0 aromatic carbocycles. The van der Waals surface area contributed by atoms with E-state index in [1.54, 1.807) is 0 Å². The largest absolute Gasteiger partial charge is 0.378 e. The Labute approximate surface area is 116 Å². The van der Waals surface area contributed by atoms with Crippen LogP contribution >= 0.6 is 27.3 Å². The number of rotatable bonds is 4. The van der Waals surface area contributed by atoms with Gasteiger partial charge in [-0.1, -0.05) is 6.92 Å². The van der Waals surface area contributed by atoms with Crippen LogP contribution in [0, 0.1) is 12.8 Å². The molecule has 17 heavy (non-hydrogen) atoms. The van der Waals surface area contributed by atoms with Gasteiger partial charge in [-0.25, -0.2) is 0 Å². The van der Waals surface area contributed by atoms with Crippen LogP contribution in [0.1, 0.15) is 36.2 Å². The molecule has 4 heteroatoms. The highest BCUT2D eigenvalue weighted by Crippen LogP contribution is 2.39. The van der Waals surface area contributed by atoms with Crippen molar-refractivity contribution in [2.24, 2.45) is 5.92 Å². The summed E-state index contributed by atoms with van der Waals surface area (Å²) >= 11 is 5.46. The maximum atomic E-state index is 5.81. The fourth-order valence-electron chi connectivity index (χ4n) is 2.67. The number of halogens is 1. The lowest BCUT2D eigenvalue weighted by atomic mass is 9.90. The average molecular weight is 318 g/mol. The third kappa shape index (κ3) is 2.75. The summed E-state index contributed by atoms with van der Waals surface area (Å²) in [5, 5.41) is 3.47. The van der Waals surface area contributed by atoms with Crippen molar-refractivity contribution in [3.63, 3.8) is 0 Å². The molecule has 1 aliphatic heterocycles. The molecule has 2 nitrogen and oxygen atoms in total. The lowest BCUT2D eigenvalue weighted by Crippen LogP contribution is -2.30. The van der Waals surface area contributed by atoms with Gasteiger partial charge in [-0.05, 0) is 54.4 Å². The lowest BCUT2D eigenvalue weighted by molar-refractivity contribution is 0.0786. The summed E-state index contributed by atoms with van der Waals surface area (Å²) in [6.07, 6.45) is 2.68. The number of ether oxygens (including phenoxy) is 1. The number of hydrogen-bond donors (Lipinski definition) is 1. The van der Waals surface area contributed by atoms with Crippen molar-refractivity contribution in [2.45, 2.75) is 38.8 Å². The summed E-state index contributed by atoms with van der Waals surface area (Å²) in [7, 11) is 2.05. The first-order chi connectivity index (χ1) is 8.17. The van der Waals surface area contributed by atoms with Gasteiger partial charge in [0.1, 0.15) is 0 Å². The summed E-state index contributed by atoms with van der Waals surface area (Å²) in [6.45, 7) is 5.28. The van der Waals surface area contributed by atoms with Crippen LogP contribution in [-0.2, 0) is 4.74 Å².